The summed E-state index contributed by atoms with van der Waals surface area (Å²) >= 11 is 0. The van der Waals surface area contributed by atoms with Crippen LogP contribution >= 0.6 is 0 Å². The van der Waals surface area contributed by atoms with Crippen LogP contribution in [0.15, 0.2) is 30.3 Å². The summed E-state index contributed by atoms with van der Waals surface area (Å²) in [4.78, 5) is 19.3. The number of piperazine rings is 1. The summed E-state index contributed by atoms with van der Waals surface area (Å²) in [5.41, 5.74) is 1.01. The molecule has 5 aliphatic rings. The zero-order valence-electron chi connectivity index (χ0n) is 25.7. The molecule has 9 rings (SSSR count). The summed E-state index contributed by atoms with van der Waals surface area (Å²) in [6, 6.07) is 9.20. The molecule has 6 atom stereocenters. The maximum Gasteiger partial charge on any atom is 0.319 e. The lowest BCUT2D eigenvalue weighted by Gasteiger charge is -2.41. The van der Waals surface area contributed by atoms with Gasteiger partial charge in [0.2, 0.25) is 0 Å². The minimum atomic E-state index is -0.892. The average Bonchev–Trinajstić information content (AvgIpc) is 3.70. The van der Waals surface area contributed by atoms with Gasteiger partial charge in [0, 0.05) is 54.5 Å². The lowest BCUT2D eigenvalue weighted by molar-refractivity contribution is 0.107. The van der Waals surface area contributed by atoms with E-state index in [1.165, 1.54) is 6.07 Å². The van der Waals surface area contributed by atoms with Gasteiger partial charge in [-0.05, 0) is 50.1 Å². The zero-order valence-corrected chi connectivity index (χ0v) is 25.7. The molecule has 0 unspecified atom stereocenters. The Morgan fingerprint density at radius 1 is 1.11 bits per heavy atom. The second-order valence-electron chi connectivity index (χ2n) is 14.0. The van der Waals surface area contributed by atoms with E-state index in [4.69, 9.17) is 26.1 Å². The monoisotopic (exact) mass is 624 g/mol. The Morgan fingerprint density at radius 3 is 2.87 bits per heavy atom. The van der Waals surface area contributed by atoms with Crippen molar-refractivity contribution in [1.29, 1.82) is 0 Å². The van der Waals surface area contributed by atoms with Crippen molar-refractivity contribution in [1.82, 2.24) is 25.2 Å². The van der Waals surface area contributed by atoms with Crippen LogP contribution in [0.2, 0.25) is 0 Å². The second kappa shape index (κ2) is 10.3. The second-order valence-corrected chi connectivity index (χ2v) is 14.0. The van der Waals surface area contributed by atoms with E-state index in [-0.39, 0.29) is 41.4 Å². The molecule has 7 nitrogen and oxygen atoms in total. The molecule has 4 fully saturated rings. The van der Waals surface area contributed by atoms with Crippen LogP contribution in [0.3, 0.4) is 0 Å². The summed E-state index contributed by atoms with van der Waals surface area (Å²) in [5, 5.41) is 5.52. The first-order valence-corrected chi connectivity index (χ1v) is 16.5. The fourth-order valence-corrected chi connectivity index (χ4v) is 9.21. The first-order valence-electron chi connectivity index (χ1n) is 16.5. The summed E-state index contributed by atoms with van der Waals surface area (Å²) in [6.45, 7) is 4.37. The minimum Gasteiger partial charge on any atom is -0.461 e. The Hall–Kier alpha value is -3.94. The number of hydrogen-bond acceptors (Lipinski definition) is 7. The van der Waals surface area contributed by atoms with Crippen molar-refractivity contribution >= 4 is 27.5 Å². The molecule has 2 aromatic heterocycles. The normalized spacial score (nSPS) is 30.0. The lowest BCUT2D eigenvalue weighted by Crippen LogP contribution is -2.58. The minimum absolute atomic E-state index is 0.0327. The third kappa shape index (κ3) is 4.10. The molecule has 0 spiro atoms. The van der Waals surface area contributed by atoms with Crippen LogP contribution in [0, 0.1) is 24.0 Å². The third-order valence-corrected chi connectivity index (χ3v) is 11.3. The van der Waals surface area contributed by atoms with Crippen molar-refractivity contribution in [2.75, 3.05) is 31.1 Å². The highest BCUT2D eigenvalue weighted by Gasteiger charge is 2.50. The van der Waals surface area contributed by atoms with Crippen molar-refractivity contribution in [3.8, 4) is 29.6 Å². The molecule has 0 saturated carbocycles. The van der Waals surface area contributed by atoms with Crippen LogP contribution in [0.4, 0.5) is 19.0 Å². The molecule has 0 amide bonds. The average molecular weight is 625 g/mol. The number of halogens is 3. The quantitative estimate of drug-likeness (QED) is 0.285. The topological polar surface area (TPSA) is 66.4 Å². The van der Waals surface area contributed by atoms with E-state index in [2.05, 4.69) is 28.0 Å². The number of alkyl halides is 1. The number of terminal acetylenes is 1. The smallest absolute Gasteiger partial charge is 0.319 e. The summed E-state index contributed by atoms with van der Waals surface area (Å²) in [6.07, 6.45) is 10.1. The highest BCUT2D eigenvalue weighted by atomic mass is 19.1. The number of aromatic nitrogens is 3. The number of ether oxygens (including phenoxy) is 1. The van der Waals surface area contributed by atoms with E-state index in [0.29, 0.717) is 58.3 Å². The van der Waals surface area contributed by atoms with Crippen LogP contribution in [-0.4, -0.2) is 75.9 Å². The van der Waals surface area contributed by atoms with E-state index < -0.39 is 23.3 Å². The van der Waals surface area contributed by atoms with E-state index in [9.17, 15) is 8.78 Å². The number of rotatable bonds is 4. The molecule has 4 aromatic rings. The predicted octanol–water partition coefficient (Wildman–Crippen LogP) is 5.88. The molecule has 236 valence electrons. The van der Waals surface area contributed by atoms with E-state index in [0.717, 1.165) is 45.2 Å². The first kappa shape index (κ1) is 28.3. The van der Waals surface area contributed by atoms with Crippen LogP contribution in [0.5, 0.6) is 6.01 Å². The van der Waals surface area contributed by atoms with E-state index in [1.54, 1.807) is 18.2 Å². The van der Waals surface area contributed by atoms with Gasteiger partial charge in [0.15, 0.2) is 5.82 Å². The summed E-state index contributed by atoms with van der Waals surface area (Å²) < 4.78 is 53.0. The standard InChI is InChI=1S/C36H35F3N6O/c1-3-23-25(38)10-8-20-6-4-7-24(28(20)23)32-30(39)33-29-31(41-32)19(2)14-27-26-11-9-22(40-26)17-45(27)34(29)43-35(42-33)46-18-36-12-5-13-44(36)16-21(37)15-36/h1,4,6-8,10,19,21-22,26-27,40H,5,9,11-18H2,2H3/t19-,21-,22-,26+,27-,36+/m1/s1. The zero-order chi connectivity index (χ0) is 31.3. The molecule has 10 heteroatoms. The van der Waals surface area contributed by atoms with Gasteiger partial charge in [0.1, 0.15) is 35.6 Å². The van der Waals surface area contributed by atoms with Crippen molar-refractivity contribution in [2.24, 2.45) is 0 Å². The Labute approximate surface area is 265 Å². The van der Waals surface area contributed by atoms with Gasteiger partial charge in [-0.2, -0.15) is 9.97 Å². The molecule has 7 heterocycles. The predicted molar refractivity (Wildman–Crippen MR) is 171 cm³/mol. The van der Waals surface area contributed by atoms with Crippen LogP contribution in [0.1, 0.15) is 62.6 Å². The van der Waals surface area contributed by atoms with Crippen LogP contribution in [-0.2, 0) is 0 Å². The first-order chi connectivity index (χ1) is 22.3. The Kier molecular flexibility index (Phi) is 6.32. The van der Waals surface area contributed by atoms with Crippen molar-refractivity contribution < 1.29 is 17.9 Å². The van der Waals surface area contributed by atoms with Gasteiger partial charge in [-0.15, -0.1) is 6.42 Å². The Morgan fingerprint density at radius 2 is 2.00 bits per heavy atom. The highest BCUT2D eigenvalue weighted by molar-refractivity contribution is 6.03. The molecule has 0 aliphatic carbocycles. The third-order valence-electron chi connectivity index (χ3n) is 11.3. The van der Waals surface area contributed by atoms with Gasteiger partial charge in [0.25, 0.3) is 0 Å². The molecule has 46 heavy (non-hydrogen) atoms. The summed E-state index contributed by atoms with van der Waals surface area (Å²) in [5.74, 6) is 1.92. The van der Waals surface area contributed by atoms with Gasteiger partial charge in [-0.3, -0.25) is 4.90 Å². The maximum atomic E-state index is 17.1. The molecule has 2 aromatic carbocycles. The van der Waals surface area contributed by atoms with Crippen LogP contribution in [0.25, 0.3) is 32.9 Å². The Bertz CT molecular complexity index is 1960. The number of benzene rings is 2. The SMILES string of the molecule is C#Cc1c(F)ccc2cccc(-c3nc4c5c(nc(OC[C@@]67CCCN6C[C@H](F)C7)nc5c3F)N3C[C@H]5CC[C@H](N5)[C@H]3C[C@H]4C)c12. The maximum absolute atomic E-state index is 17.1. The molecule has 1 N–H and O–H groups in total. The molecule has 4 saturated heterocycles. The highest BCUT2D eigenvalue weighted by Crippen LogP contribution is 2.46. The van der Waals surface area contributed by atoms with Gasteiger partial charge in [-0.25, -0.2) is 18.2 Å². The lowest BCUT2D eigenvalue weighted by atomic mass is 9.91. The van der Waals surface area contributed by atoms with Gasteiger partial charge < -0.3 is 15.0 Å². The largest absolute Gasteiger partial charge is 0.461 e. The Balaban J connectivity index is 1.26. The molecular weight excluding hydrogens is 589 g/mol. The van der Waals surface area contributed by atoms with Crippen molar-refractivity contribution in [3.63, 3.8) is 0 Å². The van der Waals surface area contributed by atoms with Gasteiger partial charge in [0.05, 0.1) is 22.2 Å². The van der Waals surface area contributed by atoms with E-state index >= 15 is 4.39 Å². The van der Waals surface area contributed by atoms with Crippen molar-refractivity contribution in [2.45, 2.75) is 81.2 Å². The van der Waals surface area contributed by atoms with E-state index in [1.807, 2.05) is 6.07 Å². The molecule has 2 bridgehead atoms. The number of hydrogen-bond donors (Lipinski definition) is 1. The number of anilines is 1. The van der Waals surface area contributed by atoms with Gasteiger partial charge >= 0.3 is 6.01 Å². The summed E-state index contributed by atoms with van der Waals surface area (Å²) in [7, 11) is 0. The van der Waals surface area contributed by atoms with Gasteiger partial charge in [-0.1, -0.05) is 37.1 Å². The molecule has 5 aliphatic heterocycles. The van der Waals surface area contributed by atoms with Crippen molar-refractivity contribution in [3.05, 3.63) is 53.2 Å². The fraction of sp³-hybridized carbons (Fsp3) is 0.472. The number of fused-ring (bicyclic) bond motifs is 7. The molecule has 0 radical (unpaired) electrons. The van der Waals surface area contributed by atoms with Crippen LogP contribution < -0.4 is 15.0 Å². The fourth-order valence-electron chi connectivity index (χ4n) is 9.21. The number of pyridine rings is 1. The molecular formula is C36H35F3N6O. The number of nitrogens with zero attached hydrogens (tertiary/aromatic N) is 5. The number of nitrogens with one attached hydrogen (secondary N) is 1.